The summed E-state index contributed by atoms with van der Waals surface area (Å²) in [6, 6.07) is 8.64. The van der Waals surface area contributed by atoms with Crippen molar-refractivity contribution in [2.24, 2.45) is 16.3 Å². The molecule has 5 atom stereocenters. The molecule has 1 aromatic carbocycles. The summed E-state index contributed by atoms with van der Waals surface area (Å²) in [5, 5.41) is 1.35. The molecule has 2 nitrogen and oxygen atoms in total. The van der Waals surface area contributed by atoms with Crippen molar-refractivity contribution in [3.8, 4) is 0 Å². The molecule has 2 aromatic rings. The largest absolute Gasteiger partial charge is 0.358 e. The molecule has 126 valence electrons. The van der Waals surface area contributed by atoms with Crippen LogP contribution in [0.25, 0.3) is 10.9 Å². The summed E-state index contributed by atoms with van der Waals surface area (Å²) in [6.07, 6.45) is 2.98. The van der Waals surface area contributed by atoms with Crippen molar-refractivity contribution in [3.63, 3.8) is 0 Å². The van der Waals surface area contributed by atoms with Gasteiger partial charge in [0.25, 0.3) is 0 Å². The van der Waals surface area contributed by atoms with Gasteiger partial charge in [-0.05, 0) is 30.7 Å². The van der Waals surface area contributed by atoms with Crippen molar-refractivity contribution < 1.29 is 0 Å². The van der Waals surface area contributed by atoms with Gasteiger partial charge in [-0.2, -0.15) is 0 Å². The number of aromatic amines is 1. The van der Waals surface area contributed by atoms with Crippen molar-refractivity contribution in [1.82, 2.24) is 4.98 Å². The van der Waals surface area contributed by atoms with Crippen LogP contribution >= 0.6 is 11.6 Å². The number of rotatable bonds is 2. The maximum Gasteiger partial charge on any atom is 0.0666 e. The second kappa shape index (κ2) is 4.98. The number of nitrogens with zero attached hydrogens (tertiary/aromatic N) is 1. The Bertz CT molecular complexity index is 833. The first-order chi connectivity index (χ1) is 11.4. The van der Waals surface area contributed by atoms with E-state index in [0.29, 0.717) is 11.8 Å². The number of para-hydroxylation sites is 1. The molecule has 0 bridgehead atoms. The maximum atomic E-state index is 6.85. The summed E-state index contributed by atoms with van der Waals surface area (Å²) < 4.78 is 0. The third kappa shape index (κ3) is 1.75. The molecule has 0 aliphatic heterocycles. The zero-order valence-corrected chi connectivity index (χ0v) is 15.4. The Labute approximate surface area is 149 Å². The van der Waals surface area contributed by atoms with Crippen molar-refractivity contribution in [2.45, 2.75) is 49.9 Å². The second-order valence-corrected chi connectivity index (χ2v) is 8.74. The summed E-state index contributed by atoms with van der Waals surface area (Å²) in [5.74, 6) is 0.802. The average molecular weight is 341 g/mol. The summed E-state index contributed by atoms with van der Waals surface area (Å²) in [7, 11) is 0. The van der Waals surface area contributed by atoms with Gasteiger partial charge in [-0.15, -0.1) is 18.2 Å². The fourth-order valence-electron chi connectivity index (χ4n) is 5.28. The lowest BCUT2D eigenvalue weighted by Crippen LogP contribution is -2.50. The van der Waals surface area contributed by atoms with Crippen molar-refractivity contribution in [2.75, 3.05) is 0 Å². The smallest absolute Gasteiger partial charge is 0.0666 e. The molecular weight excluding hydrogens is 316 g/mol. The molecule has 2 aliphatic carbocycles. The molecule has 1 N–H and O–H groups in total. The van der Waals surface area contributed by atoms with Gasteiger partial charge in [0.2, 0.25) is 0 Å². The number of hydrogen-bond donors (Lipinski definition) is 1. The van der Waals surface area contributed by atoms with Gasteiger partial charge >= 0.3 is 0 Å². The average Bonchev–Trinajstić information content (AvgIpc) is 3.04. The van der Waals surface area contributed by atoms with E-state index in [0.717, 1.165) is 6.42 Å². The maximum absolute atomic E-state index is 6.85. The van der Waals surface area contributed by atoms with E-state index in [9.17, 15) is 0 Å². The van der Waals surface area contributed by atoms with Crippen LogP contribution in [0.3, 0.4) is 0 Å². The van der Waals surface area contributed by atoms with Gasteiger partial charge in [-0.25, -0.2) is 0 Å². The van der Waals surface area contributed by atoms with E-state index >= 15 is 0 Å². The van der Waals surface area contributed by atoms with E-state index in [1.807, 2.05) is 6.08 Å². The quantitative estimate of drug-likeness (QED) is 0.429. The Hall–Kier alpha value is -1.54. The molecule has 1 fully saturated rings. The van der Waals surface area contributed by atoms with E-state index in [4.69, 9.17) is 11.6 Å². The molecule has 3 heteroatoms. The zero-order chi connectivity index (χ0) is 17.3. The highest BCUT2D eigenvalue weighted by Crippen LogP contribution is 2.63. The minimum absolute atomic E-state index is 0.0290. The SMILES string of the molecule is C=CC1(C)C(Cl)CC2C(c3c([nH]c4ccccc34)C2(C)C)C1N=C. The minimum Gasteiger partial charge on any atom is -0.358 e. The molecule has 4 rings (SSSR count). The van der Waals surface area contributed by atoms with Crippen molar-refractivity contribution in [3.05, 3.63) is 48.2 Å². The standard InChI is InChI=1S/C21H25ClN2/c1-6-21(4)15(22)11-13-17(19(21)23-5)16-12-9-7-8-10-14(12)24-18(16)20(13,2)3/h6-10,13,15,17,19,24H,1,5,11H2,2-4H3. The number of benzene rings is 1. The van der Waals surface area contributed by atoms with Gasteiger partial charge in [-0.3, -0.25) is 4.99 Å². The van der Waals surface area contributed by atoms with Gasteiger partial charge in [0.05, 0.1) is 6.04 Å². The Balaban J connectivity index is 2.00. The van der Waals surface area contributed by atoms with Crippen LogP contribution < -0.4 is 0 Å². The fourth-order valence-corrected chi connectivity index (χ4v) is 5.69. The first-order valence-corrected chi connectivity index (χ1v) is 9.14. The van der Waals surface area contributed by atoms with Crippen molar-refractivity contribution in [1.29, 1.82) is 0 Å². The topological polar surface area (TPSA) is 28.1 Å². The summed E-state index contributed by atoms with van der Waals surface area (Å²) in [5.41, 5.74) is 3.81. The van der Waals surface area contributed by atoms with Gasteiger partial charge < -0.3 is 4.98 Å². The van der Waals surface area contributed by atoms with Crippen LogP contribution in [0.15, 0.2) is 41.9 Å². The second-order valence-electron chi connectivity index (χ2n) is 8.21. The normalized spacial score (nSPS) is 37.0. The summed E-state index contributed by atoms with van der Waals surface area (Å²) in [4.78, 5) is 8.29. The number of aliphatic imine (C=N–C) groups is 1. The van der Waals surface area contributed by atoms with Crippen molar-refractivity contribution >= 4 is 29.2 Å². The number of H-pyrrole nitrogens is 1. The summed E-state index contributed by atoms with van der Waals surface area (Å²) in [6.45, 7) is 14.9. The lowest BCUT2D eigenvalue weighted by Gasteiger charge is -2.49. The van der Waals surface area contributed by atoms with Gasteiger partial charge in [0.15, 0.2) is 0 Å². The number of alkyl halides is 1. The highest BCUT2D eigenvalue weighted by atomic mass is 35.5. The predicted octanol–water partition coefficient (Wildman–Crippen LogP) is 5.43. The molecule has 1 aromatic heterocycles. The van der Waals surface area contributed by atoms with Crippen LogP contribution in [0.4, 0.5) is 0 Å². The predicted molar refractivity (Wildman–Crippen MR) is 103 cm³/mol. The van der Waals surface area contributed by atoms with Crippen LogP contribution in [-0.4, -0.2) is 23.1 Å². The zero-order valence-electron chi connectivity index (χ0n) is 14.6. The van der Waals surface area contributed by atoms with E-state index in [1.54, 1.807) is 0 Å². The summed E-state index contributed by atoms with van der Waals surface area (Å²) >= 11 is 6.85. The molecule has 2 aliphatic rings. The molecule has 1 heterocycles. The number of halogens is 1. The van der Waals surface area contributed by atoms with E-state index < -0.39 is 0 Å². The lowest BCUT2D eigenvalue weighted by molar-refractivity contribution is 0.131. The highest BCUT2D eigenvalue weighted by molar-refractivity contribution is 6.21. The van der Waals surface area contributed by atoms with Crippen LogP contribution in [0.1, 0.15) is 44.4 Å². The van der Waals surface area contributed by atoms with E-state index in [2.05, 4.69) is 68.3 Å². The number of aromatic nitrogens is 1. The molecule has 0 radical (unpaired) electrons. The third-order valence-corrected chi connectivity index (χ3v) is 7.48. The molecule has 24 heavy (non-hydrogen) atoms. The van der Waals surface area contributed by atoms with Crippen LogP contribution in [0.2, 0.25) is 0 Å². The highest BCUT2D eigenvalue weighted by Gasteiger charge is 2.59. The van der Waals surface area contributed by atoms with Gasteiger partial charge in [-0.1, -0.05) is 45.0 Å². The third-order valence-electron chi connectivity index (χ3n) is 6.83. The number of hydrogen-bond acceptors (Lipinski definition) is 1. The Morgan fingerprint density at radius 1 is 1.29 bits per heavy atom. The lowest BCUT2D eigenvalue weighted by atomic mass is 9.59. The molecule has 1 saturated carbocycles. The van der Waals surface area contributed by atoms with Crippen LogP contribution in [0, 0.1) is 11.3 Å². The Kier molecular flexibility index (Phi) is 3.31. The van der Waals surface area contributed by atoms with Crippen LogP contribution in [-0.2, 0) is 5.41 Å². The first-order valence-electron chi connectivity index (χ1n) is 8.70. The monoisotopic (exact) mass is 340 g/mol. The Morgan fingerprint density at radius 2 is 2.00 bits per heavy atom. The molecule has 0 spiro atoms. The van der Waals surface area contributed by atoms with Crippen LogP contribution in [0.5, 0.6) is 0 Å². The molecule has 0 amide bonds. The number of nitrogens with one attached hydrogen (secondary N) is 1. The van der Waals surface area contributed by atoms with Gasteiger partial charge in [0, 0.05) is 38.7 Å². The van der Waals surface area contributed by atoms with E-state index in [-0.39, 0.29) is 22.2 Å². The van der Waals surface area contributed by atoms with Gasteiger partial charge in [0.1, 0.15) is 0 Å². The molecular formula is C21H25ClN2. The minimum atomic E-state index is -0.236. The first kappa shape index (κ1) is 16.0. The van der Waals surface area contributed by atoms with E-state index in [1.165, 1.54) is 22.2 Å². The molecule has 5 unspecified atom stereocenters. The Morgan fingerprint density at radius 3 is 2.67 bits per heavy atom. The number of fused-ring (bicyclic) bond motifs is 5. The fraction of sp³-hybridized carbons (Fsp3) is 0.476. The molecule has 0 saturated heterocycles.